The number of aryl methyl sites for hydroxylation is 1. The molecule has 3 aromatic rings. The molecule has 0 aliphatic heterocycles. The molecular formula is C16H21N5. The summed E-state index contributed by atoms with van der Waals surface area (Å²) in [5.74, 6) is 0. The molecule has 0 fully saturated rings. The highest BCUT2D eigenvalue weighted by Crippen LogP contribution is 2.12. The quantitative estimate of drug-likeness (QED) is 0.783. The van der Waals surface area contributed by atoms with Gasteiger partial charge in [-0.2, -0.15) is 5.10 Å². The molecule has 0 saturated heterocycles. The molecule has 2 unspecified atom stereocenters. The summed E-state index contributed by atoms with van der Waals surface area (Å²) in [5.41, 5.74) is 3.28. The summed E-state index contributed by atoms with van der Waals surface area (Å²) < 4.78 is 4.05. The minimum Gasteiger partial charge on any atom is -0.307 e. The van der Waals surface area contributed by atoms with Crippen LogP contribution in [-0.4, -0.2) is 25.2 Å². The van der Waals surface area contributed by atoms with Gasteiger partial charge in [-0.1, -0.05) is 6.07 Å². The maximum absolute atomic E-state index is 4.68. The van der Waals surface area contributed by atoms with E-state index in [2.05, 4.69) is 52.8 Å². The second-order valence-electron chi connectivity index (χ2n) is 5.55. The van der Waals surface area contributed by atoms with Crippen molar-refractivity contribution < 1.29 is 0 Å². The van der Waals surface area contributed by atoms with Crippen molar-refractivity contribution >= 4 is 5.65 Å². The Hall–Kier alpha value is -2.14. The molecule has 1 N–H and O–H groups in total. The van der Waals surface area contributed by atoms with Crippen molar-refractivity contribution in [3.05, 3.63) is 54.2 Å². The fraction of sp³-hybridized carbons (Fsp3) is 0.375. The molecule has 2 atom stereocenters. The Kier molecular flexibility index (Phi) is 3.75. The molecule has 0 aromatic carbocycles. The topological polar surface area (TPSA) is 47.1 Å². The van der Waals surface area contributed by atoms with Crippen LogP contribution in [-0.2, 0) is 6.54 Å². The largest absolute Gasteiger partial charge is 0.307 e. The molecule has 0 bridgehead atoms. The maximum atomic E-state index is 4.68. The van der Waals surface area contributed by atoms with Gasteiger partial charge in [0.05, 0.1) is 11.7 Å². The van der Waals surface area contributed by atoms with E-state index in [-0.39, 0.29) is 0 Å². The predicted molar refractivity (Wildman–Crippen MR) is 83.2 cm³/mol. The van der Waals surface area contributed by atoms with Gasteiger partial charge in [-0.25, -0.2) is 4.98 Å². The third-order valence-corrected chi connectivity index (χ3v) is 4.00. The maximum Gasteiger partial charge on any atom is 0.139 e. The monoisotopic (exact) mass is 283 g/mol. The van der Waals surface area contributed by atoms with E-state index in [0.717, 1.165) is 17.9 Å². The van der Waals surface area contributed by atoms with Crippen LogP contribution in [0.2, 0.25) is 0 Å². The number of hydrogen-bond donors (Lipinski definition) is 1. The van der Waals surface area contributed by atoms with Gasteiger partial charge < -0.3 is 9.72 Å². The number of nitrogens with zero attached hydrogens (tertiary/aromatic N) is 4. The van der Waals surface area contributed by atoms with Crippen LogP contribution in [0.3, 0.4) is 0 Å². The Bertz CT molecular complexity index is 713. The van der Waals surface area contributed by atoms with Crippen LogP contribution in [0.1, 0.15) is 31.1 Å². The van der Waals surface area contributed by atoms with Crippen LogP contribution in [0.15, 0.2) is 43.0 Å². The smallest absolute Gasteiger partial charge is 0.139 e. The average Bonchev–Trinajstić information content (AvgIpc) is 3.13. The van der Waals surface area contributed by atoms with Gasteiger partial charge in [0, 0.05) is 37.4 Å². The van der Waals surface area contributed by atoms with Gasteiger partial charge in [0.1, 0.15) is 5.65 Å². The highest BCUT2D eigenvalue weighted by Gasteiger charge is 2.14. The van der Waals surface area contributed by atoms with Crippen LogP contribution in [0, 0.1) is 6.92 Å². The van der Waals surface area contributed by atoms with Crippen LogP contribution in [0.25, 0.3) is 5.65 Å². The lowest BCUT2D eigenvalue weighted by Gasteiger charge is -2.21. The summed E-state index contributed by atoms with van der Waals surface area (Å²) in [6, 6.07) is 6.70. The van der Waals surface area contributed by atoms with Crippen molar-refractivity contribution in [2.75, 3.05) is 0 Å². The first-order valence-corrected chi connectivity index (χ1v) is 7.31. The van der Waals surface area contributed by atoms with Crippen LogP contribution < -0.4 is 5.32 Å². The van der Waals surface area contributed by atoms with E-state index in [4.69, 9.17) is 0 Å². The Morgan fingerprint density at radius 1 is 1.24 bits per heavy atom. The van der Waals surface area contributed by atoms with Gasteiger partial charge in [0.25, 0.3) is 0 Å². The van der Waals surface area contributed by atoms with Gasteiger partial charge in [0.15, 0.2) is 0 Å². The molecular weight excluding hydrogens is 262 g/mol. The molecule has 0 aliphatic carbocycles. The number of nitrogens with one attached hydrogen (secondary N) is 1. The van der Waals surface area contributed by atoms with E-state index in [1.165, 1.54) is 5.56 Å². The normalized spacial score (nSPS) is 14.4. The zero-order valence-electron chi connectivity index (χ0n) is 12.7. The average molecular weight is 283 g/mol. The SMILES string of the molecule is Cc1cccn2cc(CNC(C)C(C)n3cccn3)nc12. The Labute approximate surface area is 124 Å². The minimum absolute atomic E-state index is 0.304. The lowest BCUT2D eigenvalue weighted by Crippen LogP contribution is -2.33. The number of aromatic nitrogens is 4. The third-order valence-electron chi connectivity index (χ3n) is 4.00. The lowest BCUT2D eigenvalue weighted by molar-refractivity contribution is 0.364. The highest BCUT2D eigenvalue weighted by atomic mass is 15.3. The molecule has 3 rings (SSSR count). The van der Waals surface area contributed by atoms with Crippen LogP contribution in [0.4, 0.5) is 0 Å². The molecule has 5 heteroatoms. The van der Waals surface area contributed by atoms with E-state index < -0.39 is 0 Å². The molecule has 0 aliphatic rings. The number of imidazole rings is 1. The first-order chi connectivity index (χ1) is 10.1. The van der Waals surface area contributed by atoms with Crippen LogP contribution in [0.5, 0.6) is 0 Å². The van der Waals surface area contributed by atoms with Crippen molar-refractivity contribution in [1.82, 2.24) is 24.5 Å². The summed E-state index contributed by atoms with van der Waals surface area (Å²) in [6.07, 6.45) is 7.93. The second kappa shape index (κ2) is 5.69. The molecule has 0 radical (unpaired) electrons. The fourth-order valence-corrected chi connectivity index (χ4v) is 2.48. The molecule has 0 amide bonds. The summed E-state index contributed by atoms with van der Waals surface area (Å²) in [6.45, 7) is 7.18. The van der Waals surface area contributed by atoms with Crippen molar-refractivity contribution in [2.45, 2.75) is 39.4 Å². The molecule has 5 nitrogen and oxygen atoms in total. The molecule has 0 spiro atoms. The van der Waals surface area contributed by atoms with Gasteiger partial charge >= 0.3 is 0 Å². The Morgan fingerprint density at radius 3 is 2.81 bits per heavy atom. The van der Waals surface area contributed by atoms with Gasteiger partial charge in [0.2, 0.25) is 0 Å². The summed E-state index contributed by atoms with van der Waals surface area (Å²) in [7, 11) is 0. The number of rotatable bonds is 5. The highest BCUT2D eigenvalue weighted by molar-refractivity contribution is 5.47. The van der Waals surface area contributed by atoms with Gasteiger partial charge in [-0.3, -0.25) is 4.68 Å². The zero-order valence-corrected chi connectivity index (χ0v) is 12.7. The zero-order chi connectivity index (χ0) is 14.8. The van der Waals surface area contributed by atoms with Crippen LogP contribution >= 0.6 is 0 Å². The predicted octanol–water partition coefficient (Wildman–Crippen LogP) is 2.58. The van der Waals surface area contributed by atoms with Crippen molar-refractivity contribution in [3.63, 3.8) is 0 Å². The summed E-state index contributed by atoms with van der Waals surface area (Å²) in [4.78, 5) is 4.68. The van der Waals surface area contributed by atoms with Crippen molar-refractivity contribution in [1.29, 1.82) is 0 Å². The Morgan fingerprint density at radius 2 is 2.10 bits per heavy atom. The molecule has 3 heterocycles. The summed E-state index contributed by atoms with van der Waals surface area (Å²) in [5, 5.41) is 7.83. The first-order valence-electron chi connectivity index (χ1n) is 7.31. The van der Waals surface area contributed by atoms with Gasteiger partial charge in [-0.15, -0.1) is 0 Å². The lowest BCUT2D eigenvalue weighted by atomic mass is 10.2. The molecule has 110 valence electrons. The minimum atomic E-state index is 0.304. The van der Waals surface area contributed by atoms with Gasteiger partial charge in [-0.05, 0) is 38.5 Å². The van der Waals surface area contributed by atoms with E-state index in [1.54, 1.807) is 0 Å². The standard InChI is InChI=1S/C16H21N5/c1-12-6-4-8-20-11-15(19-16(12)20)10-17-13(2)14(3)21-9-5-7-18-21/h4-9,11,13-14,17H,10H2,1-3H3. The van der Waals surface area contributed by atoms with E-state index >= 15 is 0 Å². The first kappa shape index (κ1) is 13.8. The van der Waals surface area contributed by atoms with E-state index in [9.17, 15) is 0 Å². The Balaban J connectivity index is 1.67. The number of hydrogen-bond acceptors (Lipinski definition) is 3. The molecule has 0 saturated carbocycles. The second-order valence-corrected chi connectivity index (χ2v) is 5.55. The van der Waals surface area contributed by atoms with Crippen molar-refractivity contribution in [2.24, 2.45) is 0 Å². The summed E-state index contributed by atoms with van der Waals surface area (Å²) >= 11 is 0. The molecule has 21 heavy (non-hydrogen) atoms. The third kappa shape index (κ3) is 2.83. The molecule has 3 aromatic heterocycles. The van der Waals surface area contributed by atoms with E-state index in [0.29, 0.717) is 12.1 Å². The van der Waals surface area contributed by atoms with Crippen molar-refractivity contribution in [3.8, 4) is 0 Å². The fourth-order valence-electron chi connectivity index (χ4n) is 2.48. The van der Waals surface area contributed by atoms with E-state index in [1.807, 2.05) is 35.4 Å². The number of pyridine rings is 1. The number of fused-ring (bicyclic) bond motifs is 1.